The number of carbonyl (C=O) groups is 4. The molecule has 0 saturated carbocycles. The fourth-order valence-electron chi connectivity index (χ4n) is 18.8. The maximum atomic E-state index is 14.3. The second-order valence-corrected chi connectivity index (χ2v) is 39.4. The molecule has 2 aromatic heterocycles. The predicted molar refractivity (Wildman–Crippen MR) is 505 cm³/mol. The molecule has 642 valence electrons. The largest absolute Gasteiger partial charge is 0.494 e. The summed E-state index contributed by atoms with van der Waals surface area (Å²) in [6.07, 6.45) is 4.88. The average molecular weight is 1670 g/mol. The molecule has 125 heavy (non-hydrogen) atoms. The summed E-state index contributed by atoms with van der Waals surface area (Å²) in [6, 6.07) is 80.6. The van der Waals surface area contributed by atoms with Crippen LogP contribution >= 0.6 is 0 Å². The van der Waals surface area contributed by atoms with Gasteiger partial charge in [0.15, 0.2) is 0 Å². The lowest BCUT2D eigenvalue weighted by atomic mass is 9.64. The molecule has 4 amide bonds. The summed E-state index contributed by atoms with van der Waals surface area (Å²) in [5.41, 5.74) is 14.2. The summed E-state index contributed by atoms with van der Waals surface area (Å²) in [7, 11) is 0. The van der Waals surface area contributed by atoms with Crippen LogP contribution in [0.2, 0.25) is 0 Å². The minimum atomic E-state index is -0.660. The van der Waals surface area contributed by atoms with E-state index in [1.54, 1.807) is 24.3 Å². The molecule has 0 atom stereocenters. The maximum absolute atomic E-state index is 14.3. The third-order valence-electron chi connectivity index (χ3n) is 26.3. The van der Waals surface area contributed by atoms with Crippen molar-refractivity contribution in [3.63, 3.8) is 0 Å². The van der Waals surface area contributed by atoms with Gasteiger partial charge in [0, 0.05) is 59.2 Å². The van der Waals surface area contributed by atoms with Gasteiger partial charge in [0.1, 0.15) is 11.5 Å². The van der Waals surface area contributed by atoms with E-state index in [9.17, 15) is 38.4 Å². The number of ether oxygens (including phenoxy) is 2. The molecule has 0 N–H and O–H groups in total. The van der Waals surface area contributed by atoms with Gasteiger partial charge in [0.25, 0.3) is 45.9 Å². The highest BCUT2D eigenvalue weighted by Crippen LogP contribution is 2.50. The molecule has 0 spiro atoms. The minimum absolute atomic E-state index is 0.0212. The van der Waals surface area contributed by atoms with Crippen LogP contribution < -0.4 is 31.7 Å². The summed E-state index contributed by atoms with van der Waals surface area (Å²) in [4.78, 5) is 115. The Morgan fingerprint density at radius 2 is 0.456 bits per heavy atom. The van der Waals surface area contributed by atoms with Crippen molar-refractivity contribution in [2.45, 2.75) is 226 Å². The molecular weight excluding hydrogens is 1550 g/mol. The summed E-state index contributed by atoms with van der Waals surface area (Å²) in [5.74, 6) is 0.160. The summed E-state index contributed by atoms with van der Waals surface area (Å²) in [6.45, 7) is 37.0. The van der Waals surface area contributed by atoms with Crippen molar-refractivity contribution in [1.29, 1.82) is 0 Å². The number of benzene rings is 11. The SMILES string of the molecule is CC(C)c1ccc(C(c2ccc(OCCCCCN3C(=O)c4ccc5c6c(ccc(c46)C3=O)C(=O)N(CCCCCn3c(=O)c4cc6c(=O)n(CCCCCOc7ccc(C(c8ccc(C(C)C)cc8)(c8ccc(C(C)(C)C)cc8)c8ccc(C(C)(C)C)cc8)cc7)c(=O)c6cc4c3=O)C5=O)cc2)(c2ccc(C(C)(C)C)cc2)c2ccc(C(C)(C)C)cc2)cc1. The van der Waals surface area contributed by atoms with Crippen LogP contribution in [0.1, 0.15) is 300 Å². The fraction of sp³-hybridized carbons (Fsp3) is 0.351. The quantitative estimate of drug-likeness (QED) is 0.0240. The van der Waals surface area contributed by atoms with Gasteiger partial charge in [-0.2, -0.15) is 0 Å². The molecule has 0 bridgehead atoms. The van der Waals surface area contributed by atoms with Gasteiger partial charge in [0.2, 0.25) is 0 Å². The minimum Gasteiger partial charge on any atom is -0.494 e. The number of rotatable bonds is 30. The van der Waals surface area contributed by atoms with E-state index in [-0.39, 0.29) is 97.0 Å². The Morgan fingerprint density at radius 3 is 0.688 bits per heavy atom. The van der Waals surface area contributed by atoms with Crippen molar-refractivity contribution in [3.05, 3.63) is 372 Å². The van der Waals surface area contributed by atoms with Gasteiger partial charge in [-0.15, -0.1) is 0 Å². The van der Waals surface area contributed by atoms with E-state index in [0.29, 0.717) is 88.2 Å². The zero-order chi connectivity index (χ0) is 89.0. The van der Waals surface area contributed by atoms with Crippen molar-refractivity contribution < 1.29 is 28.7 Å². The molecule has 14 nitrogen and oxygen atoms in total. The lowest BCUT2D eigenvalue weighted by Crippen LogP contribution is -2.43. The average Bonchev–Trinajstić information content (AvgIpc) is 0.992. The molecule has 13 aromatic rings. The lowest BCUT2D eigenvalue weighted by Gasteiger charge is -2.38. The highest BCUT2D eigenvalue weighted by atomic mass is 16.5. The van der Waals surface area contributed by atoms with E-state index in [2.05, 4.69) is 293 Å². The summed E-state index contributed by atoms with van der Waals surface area (Å²) < 4.78 is 15.1. The van der Waals surface area contributed by atoms with E-state index < -0.39 is 56.7 Å². The van der Waals surface area contributed by atoms with E-state index in [4.69, 9.17) is 9.47 Å². The van der Waals surface area contributed by atoms with Gasteiger partial charge in [-0.05, 0) is 230 Å². The normalized spacial score (nSPS) is 13.6. The zero-order valence-corrected chi connectivity index (χ0v) is 75.6. The number of fused-ring (bicyclic) bond motifs is 2. The smallest absolute Gasteiger partial charge is 0.261 e. The Labute approximate surface area is 735 Å². The molecule has 0 saturated heterocycles. The van der Waals surface area contributed by atoms with Crippen LogP contribution in [0.3, 0.4) is 0 Å². The third-order valence-corrected chi connectivity index (χ3v) is 26.3. The summed E-state index contributed by atoms with van der Waals surface area (Å²) in [5, 5.41) is 0.889. The lowest BCUT2D eigenvalue weighted by molar-refractivity contribution is 0.0586. The van der Waals surface area contributed by atoms with Crippen molar-refractivity contribution in [1.82, 2.24) is 18.9 Å². The first-order valence-corrected chi connectivity index (χ1v) is 44.9. The van der Waals surface area contributed by atoms with E-state index in [1.165, 1.54) is 82.1 Å². The van der Waals surface area contributed by atoms with Gasteiger partial charge in [0.05, 0.1) is 45.6 Å². The number of hydrogen-bond acceptors (Lipinski definition) is 10. The van der Waals surface area contributed by atoms with Crippen molar-refractivity contribution in [2.24, 2.45) is 0 Å². The van der Waals surface area contributed by atoms with Gasteiger partial charge < -0.3 is 9.47 Å². The molecule has 15 rings (SSSR count). The first-order chi connectivity index (χ1) is 59.5. The van der Waals surface area contributed by atoms with Crippen LogP contribution in [0.15, 0.2) is 250 Å². The second kappa shape index (κ2) is 34.8. The van der Waals surface area contributed by atoms with Crippen LogP contribution in [0.4, 0.5) is 0 Å². The van der Waals surface area contributed by atoms with Gasteiger partial charge in [-0.1, -0.05) is 281 Å². The molecule has 2 aliphatic rings. The van der Waals surface area contributed by atoms with Crippen LogP contribution in [0.25, 0.3) is 32.3 Å². The second-order valence-electron chi connectivity index (χ2n) is 39.4. The van der Waals surface area contributed by atoms with Crippen LogP contribution in [0, 0.1) is 0 Å². The van der Waals surface area contributed by atoms with E-state index >= 15 is 0 Å². The number of nitrogens with zero attached hydrogens (tertiary/aromatic N) is 4. The van der Waals surface area contributed by atoms with E-state index in [1.807, 2.05) is 12.1 Å². The highest BCUT2D eigenvalue weighted by Gasteiger charge is 2.43. The molecule has 0 unspecified atom stereocenters. The van der Waals surface area contributed by atoms with Gasteiger partial charge >= 0.3 is 0 Å². The Hall–Kier alpha value is -12.2. The van der Waals surface area contributed by atoms with Gasteiger partial charge in [-0.3, -0.25) is 57.3 Å². The number of imide groups is 2. The molecule has 11 aromatic carbocycles. The topological polar surface area (TPSA) is 171 Å². The molecule has 0 radical (unpaired) electrons. The van der Waals surface area contributed by atoms with Crippen LogP contribution in [0.5, 0.6) is 11.5 Å². The van der Waals surface area contributed by atoms with E-state index in [0.717, 1.165) is 38.3 Å². The zero-order valence-electron chi connectivity index (χ0n) is 75.6. The monoisotopic (exact) mass is 1670 g/mol. The van der Waals surface area contributed by atoms with Crippen molar-refractivity contribution in [2.75, 3.05) is 26.3 Å². The van der Waals surface area contributed by atoms with Crippen molar-refractivity contribution in [3.8, 4) is 11.5 Å². The van der Waals surface area contributed by atoms with Crippen LogP contribution in [-0.2, 0) is 45.6 Å². The number of hydrogen-bond donors (Lipinski definition) is 0. The molecular formula is C111H118N4O10. The third kappa shape index (κ3) is 16.7. The number of unbranched alkanes of at least 4 members (excludes halogenated alkanes) is 6. The molecule has 14 heteroatoms. The first kappa shape index (κ1) is 87.7. The Bertz CT molecular complexity index is 6170. The van der Waals surface area contributed by atoms with Crippen molar-refractivity contribution >= 4 is 55.9 Å². The first-order valence-electron chi connectivity index (χ1n) is 44.9. The molecule has 0 aliphatic carbocycles. The number of aromatic nitrogens is 2. The molecule has 0 fully saturated rings. The van der Waals surface area contributed by atoms with Crippen LogP contribution in [-0.4, -0.2) is 68.9 Å². The Morgan fingerprint density at radius 1 is 0.248 bits per heavy atom. The Kier molecular flexibility index (Phi) is 24.4. The Balaban J connectivity index is 0.537. The predicted octanol–water partition coefficient (Wildman–Crippen LogP) is 22.8. The summed E-state index contributed by atoms with van der Waals surface area (Å²) >= 11 is 0. The molecule has 4 heterocycles. The number of carbonyl (C=O) groups excluding carboxylic acids is 4. The maximum Gasteiger partial charge on any atom is 0.261 e. The standard InChI is InChI=1S/C111H118N4O10/c1-70(2)72-26-30-78(31-27-72)110(80-42-34-74(35-43-80)106(5,6)7,81-44-36-75(37-45-81)107(8,9)10)84-50-54-86(55-51-84)124-66-24-18-22-64-113-100(118)90-60-58-88-96-89(59-61-91(97(90)96)101(113)119)99(117)112(98(88)116)62-20-17-21-63-114-102(120)92-68-94-95(69-93(92)103(114)121)105(123)115(104(94)122)65-23-19-25-67-125-87-56-52-85(53-57-87)111(79-32-28-73(29-33-79)71(3)4,82-46-38-76(39-47-82)108(11,12)13)83-48-40-77(41-49-83)109(14,15)16/h26-61,68-71H,17-25,62-67H2,1-16H3. The van der Waals surface area contributed by atoms with Gasteiger partial charge in [-0.25, -0.2) is 0 Å². The highest BCUT2D eigenvalue weighted by molar-refractivity contribution is 6.33. The fourth-order valence-corrected chi connectivity index (χ4v) is 18.8. The number of amides is 4. The molecule has 2 aliphatic heterocycles.